The number of esters is 1. The van der Waals surface area contributed by atoms with E-state index in [1.165, 1.54) is 77.0 Å². The molecule has 0 saturated carbocycles. The Labute approximate surface area is 341 Å². The van der Waals surface area contributed by atoms with Crippen molar-refractivity contribution in [1.82, 2.24) is 10.6 Å². The van der Waals surface area contributed by atoms with E-state index < -0.39 is 24.5 Å². The van der Waals surface area contributed by atoms with Crippen LogP contribution in [0, 0.1) is 0 Å². The first-order valence-corrected chi connectivity index (χ1v) is 22.5. The van der Waals surface area contributed by atoms with Crippen molar-refractivity contribution in [2.45, 2.75) is 212 Å². The Morgan fingerprint density at radius 3 is 1.54 bits per heavy atom. The zero-order chi connectivity index (χ0) is 41.2. The average molecular weight is 787 g/mol. The number of hydrogen-bond donors (Lipinski definition) is 4. The number of carbonyl (C=O) groups excluding carboxylic acids is 3. The standard InChI is InChI=1S/C47H82N2O7/c1-3-5-7-9-11-13-15-17-18-20-22-24-26-31-35-39-46(53)56-42(36-32-28-25-23-21-19-16-14-12-10-8-6-4-2)37-33-29-27-30-34-38-44(51)48-40-45(52)49-43(41-50)47(54)55/h11,13,16-19,23,25,42-43,50H,3-10,12,14-15,20-22,24,26-41H2,1-2H3,(H,48,51)(H,49,52)(H,54,55)/b13-11-,18-17-,19-16-,25-23-. The van der Waals surface area contributed by atoms with Gasteiger partial charge in [0.1, 0.15) is 12.1 Å². The topological polar surface area (TPSA) is 142 Å². The minimum absolute atomic E-state index is 0.0649. The van der Waals surface area contributed by atoms with Crippen molar-refractivity contribution in [2.24, 2.45) is 0 Å². The molecule has 322 valence electrons. The molecule has 0 bridgehead atoms. The summed E-state index contributed by atoms with van der Waals surface area (Å²) in [5.41, 5.74) is 0. The molecular weight excluding hydrogens is 705 g/mol. The molecule has 2 amide bonds. The number of aliphatic hydroxyl groups excluding tert-OH is 1. The number of ether oxygens (including phenoxy) is 1. The van der Waals surface area contributed by atoms with Crippen LogP contribution < -0.4 is 10.6 Å². The molecule has 4 N–H and O–H groups in total. The third kappa shape index (κ3) is 37.7. The molecule has 0 aliphatic heterocycles. The van der Waals surface area contributed by atoms with E-state index in [1.807, 2.05) is 0 Å². The first kappa shape index (κ1) is 52.8. The third-order valence-corrected chi connectivity index (χ3v) is 9.80. The highest BCUT2D eigenvalue weighted by atomic mass is 16.5. The van der Waals surface area contributed by atoms with Gasteiger partial charge < -0.3 is 25.6 Å². The molecule has 0 rings (SSSR count). The van der Waals surface area contributed by atoms with Gasteiger partial charge in [0.25, 0.3) is 0 Å². The summed E-state index contributed by atoms with van der Waals surface area (Å²) in [6.45, 7) is 3.44. The second-order valence-corrected chi connectivity index (χ2v) is 15.1. The van der Waals surface area contributed by atoms with Gasteiger partial charge in [-0.25, -0.2) is 4.79 Å². The Hall–Kier alpha value is -3.20. The third-order valence-electron chi connectivity index (χ3n) is 9.80. The summed E-state index contributed by atoms with van der Waals surface area (Å²) in [5.74, 6) is -2.34. The molecule has 0 aromatic heterocycles. The van der Waals surface area contributed by atoms with Crippen molar-refractivity contribution < 1.29 is 34.1 Å². The average Bonchev–Trinajstić information content (AvgIpc) is 3.18. The van der Waals surface area contributed by atoms with Crippen LogP contribution in [0.2, 0.25) is 0 Å². The van der Waals surface area contributed by atoms with Crippen LogP contribution in [-0.2, 0) is 23.9 Å². The van der Waals surface area contributed by atoms with Crippen molar-refractivity contribution in [3.8, 4) is 0 Å². The zero-order valence-electron chi connectivity index (χ0n) is 35.6. The molecule has 9 nitrogen and oxygen atoms in total. The van der Waals surface area contributed by atoms with E-state index >= 15 is 0 Å². The molecular formula is C47H82N2O7. The molecule has 0 aromatic carbocycles. The minimum atomic E-state index is -1.39. The van der Waals surface area contributed by atoms with Crippen LogP contribution in [0.3, 0.4) is 0 Å². The molecule has 0 radical (unpaired) electrons. The summed E-state index contributed by atoms with van der Waals surface area (Å²) in [7, 11) is 0. The van der Waals surface area contributed by atoms with Crippen LogP contribution in [0.5, 0.6) is 0 Å². The van der Waals surface area contributed by atoms with Crippen molar-refractivity contribution in [2.75, 3.05) is 13.2 Å². The zero-order valence-corrected chi connectivity index (χ0v) is 35.6. The maximum absolute atomic E-state index is 12.8. The van der Waals surface area contributed by atoms with E-state index in [0.29, 0.717) is 12.8 Å². The van der Waals surface area contributed by atoms with Gasteiger partial charge in [0, 0.05) is 12.8 Å². The Kier molecular flexibility index (Phi) is 39.1. The quantitative estimate of drug-likeness (QED) is 0.0275. The molecule has 2 unspecified atom stereocenters. The van der Waals surface area contributed by atoms with Crippen LogP contribution in [0.4, 0.5) is 0 Å². The van der Waals surface area contributed by atoms with Gasteiger partial charge in [-0.1, -0.05) is 140 Å². The van der Waals surface area contributed by atoms with Crippen LogP contribution in [-0.4, -0.2) is 59.3 Å². The van der Waals surface area contributed by atoms with E-state index in [1.54, 1.807) is 0 Å². The van der Waals surface area contributed by atoms with E-state index in [4.69, 9.17) is 14.9 Å². The van der Waals surface area contributed by atoms with Crippen LogP contribution >= 0.6 is 0 Å². The lowest BCUT2D eigenvalue weighted by molar-refractivity contribution is -0.150. The SMILES string of the molecule is CCCCC/C=C\C/C=C\CCCCCCCC(=O)OC(CCC/C=C\C/C=C\CCCCCCC)CCCCCCCC(=O)NCC(=O)NC(CO)C(=O)O. The van der Waals surface area contributed by atoms with Crippen molar-refractivity contribution >= 4 is 23.8 Å². The first-order chi connectivity index (χ1) is 27.3. The van der Waals surface area contributed by atoms with E-state index in [9.17, 15) is 19.2 Å². The lowest BCUT2D eigenvalue weighted by atomic mass is 10.0. The maximum atomic E-state index is 12.8. The smallest absolute Gasteiger partial charge is 0.328 e. The molecule has 0 spiro atoms. The first-order valence-electron chi connectivity index (χ1n) is 22.5. The highest BCUT2D eigenvalue weighted by molar-refractivity contribution is 5.87. The fourth-order valence-corrected chi connectivity index (χ4v) is 6.31. The largest absolute Gasteiger partial charge is 0.480 e. The number of carboxylic acid groups (broad SMARTS) is 1. The highest BCUT2D eigenvalue weighted by Crippen LogP contribution is 2.18. The van der Waals surface area contributed by atoms with Gasteiger partial charge in [0.05, 0.1) is 13.2 Å². The molecule has 2 atom stereocenters. The van der Waals surface area contributed by atoms with Gasteiger partial charge in [-0.15, -0.1) is 0 Å². The lowest BCUT2D eigenvalue weighted by Crippen LogP contribution is -2.47. The number of aliphatic hydroxyl groups is 1. The number of carboxylic acids is 1. The predicted molar refractivity (Wildman–Crippen MR) is 231 cm³/mol. The van der Waals surface area contributed by atoms with Gasteiger partial charge in [0.15, 0.2) is 0 Å². The number of rotatable bonds is 40. The number of hydrogen-bond acceptors (Lipinski definition) is 6. The summed E-state index contributed by atoms with van der Waals surface area (Å²) in [6.07, 6.45) is 48.5. The van der Waals surface area contributed by atoms with E-state index in [-0.39, 0.29) is 30.9 Å². The van der Waals surface area contributed by atoms with E-state index in [2.05, 4.69) is 73.1 Å². The van der Waals surface area contributed by atoms with Crippen molar-refractivity contribution in [1.29, 1.82) is 0 Å². The predicted octanol–water partition coefficient (Wildman–Crippen LogP) is 11.2. The number of unbranched alkanes of at least 4 members (excludes halogenated alkanes) is 18. The second kappa shape index (κ2) is 41.4. The van der Waals surface area contributed by atoms with Gasteiger partial charge in [-0.3, -0.25) is 14.4 Å². The Morgan fingerprint density at radius 1 is 0.536 bits per heavy atom. The number of amides is 2. The number of allylic oxidation sites excluding steroid dienone is 8. The molecule has 0 saturated heterocycles. The van der Waals surface area contributed by atoms with Crippen LogP contribution in [0.25, 0.3) is 0 Å². The summed E-state index contributed by atoms with van der Waals surface area (Å²) in [6, 6.07) is -1.39. The van der Waals surface area contributed by atoms with Crippen LogP contribution in [0.15, 0.2) is 48.6 Å². The minimum Gasteiger partial charge on any atom is -0.480 e. The summed E-state index contributed by atoms with van der Waals surface area (Å²) in [5, 5.41) is 22.6. The van der Waals surface area contributed by atoms with Crippen LogP contribution in [0.1, 0.15) is 200 Å². The Morgan fingerprint density at radius 2 is 0.982 bits per heavy atom. The fourth-order valence-electron chi connectivity index (χ4n) is 6.31. The molecule has 56 heavy (non-hydrogen) atoms. The number of aliphatic carboxylic acids is 1. The highest BCUT2D eigenvalue weighted by Gasteiger charge is 2.19. The fraction of sp³-hybridized carbons (Fsp3) is 0.745. The maximum Gasteiger partial charge on any atom is 0.328 e. The number of nitrogens with one attached hydrogen (secondary N) is 2. The second-order valence-electron chi connectivity index (χ2n) is 15.1. The monoisotopic (exact) mass is 787 g/mol. The normalized spacial score (nSPS) is 12.9. The molecule has 9 heteroatoms. The van der Waals surface area contributed by atoms with Crippen molar-refractivity contribution in [3.05, 3.63) is 48.6 Å². The van der Waals surface area contributed by atoms with Gasteiger partial charge in [0.2, 0.25) is 11.8 Å². The molecule has 0 aliphatic carbocycles. The summed E-state index contributed by atoms with van der Waals surface area (Å²) < 4.78 is 6.01. The summed E-state index contributed by atoms with van der Waals surface area (Å²) >= 11 is 0. The van der Waals surface area contributed by atoms with E-state index in [0.717, 1.165) is 89.9 Å². The van der Waals surface area contributed by atoms with Gasteiger partial charge >= 0.3 is 11.9 Å². The molecule has 0 aliphatic rings. The summed E-state index contributed by atoms with van der Waals surface area (Å²) in [4.78, 5) is 47.6. The molecule has 0 fully saturated rings. The van der Waals surface area contributed by atoms with Gasteiger partial charge in [-0.05, 0) is 96.3 Å². The Balaban J connectivity index is 4.42. The lowest BCUT2D eigenvalue weighted by Gasteiger charge is -2.18. The molecule has 0 heterocycles. The van der Waals surface area contributed by atoms with Crippen molar-refractivity contribution in [3.63, 3.8) is 0 Å². The number of carbonyl (C=O) groups is 4. The molecule has 0 aromatic rings. The Bertz CT molecular complexity index is 1080. The van der Waals surface area contributed by atoms with Gasteiger partial charge in [-0.2, -0.15) is 0 Å².